The van der Waals surface area contributed by atoms with Crippen LogP contribution in [0.2, 0.25) is 0 Å². The number of hydrogen-bond donors (Lipinski definition) is 3. The van der Waals surface area contributed by atoms with E-state index in [1.807, 2.05) is 0 Å². The first-order chi connectivity index (χ1) is 16.4. The highest BCUT2D eigenvalue weighted by atomic mass is 19.1. The van der Waals surface area contributed by atoms with Crippen LogP contribution in [-0.4, -0.2) is 48.4 Å². The van der Waals surface area contributed by atoms with Crippen LogP contribution in [0, 0.1) is 28.5 Å². The number of halogens is 2. The quantitative estimate of drug-likeness (QED) is 0.441. The number of pyridine rings is 2. The van der Waals surface area contributed by atoms with Gasteiger partial charge in [0.2, 0.25) is 5.95 Å². The van der Waals surface area contributed by atoms with Crippen LogP contribution in [0.5, 0.6) is 0 Å². The van der Waals surface area contributed by atoms with Gasteiger partial charge in [-0.1, -0.05) is 0 Å². The fraction of sp³-hybridized carbons (Fsp3) is 0.560. The second kappa shape index (κ2) is 10.6. The summed E-state index contributed by atoms with van der Waals surface area (Å²) in [5, 5.41) is 19.2. The number of methoxy groups -OCH3 is 1. The molecule has 0 radical (unpaired) electrons. The fourth-order valence-corrected chi connectivity index (χ4v) is 4.52. The molecule has 0 bridgehead atoms. The second-order valence-corrected chi connectivity index (χ2v) is 9.57. The van der Waals surface area contributed by atoms with Gasteiger partial charge in [-0.2, -0.15) is 9.65 Å². The van der Waals surface area contributed by atoms with Gasteiger partial charge in [0.25, 0.3) is 0 Å². The van der Waals surface area contributed by atoms with Gasteiger partial charge in [0, 0.05) is 49.1 Å². The average Bonchev–Trinajstić information content (AvgIpc) is 3.62. The van der Waals surface area contributed by atoms with Crippen molar-refractivity contribution >= 4 is 11.5 Å². The molecule has 2 aromatic rings. The second-order valence-electron chi connectivity index (χ2n) is 9.57. The Labute approximate surface area is 199 Å². The van der Waals surface area contributed by atoms with Crippen molar-refractivity contribution in [2.75, 3.05) is 30.9 Å². The van der Waals surface area contributed by atoms with Crippen molar-refractivity contribution in [1.29, 1.82) is 5.26 Å². The minimum atomic E-state index is -0.671. The smallest absolute Gasteiger partial charge is 0.236 e. The summed E-state index contributed by atoms with van der Waals surface area (Å²) in [4.78, 5) is 8.01. The van der Waals surface area contributed by atoms with E-state index in [2.05, 4.69) is 38.9 Å². The van der Waals surface area contributed by atoms with Gasteiger partial charge in [-0.3, -0.25) is 0 Å². The third kappa shape index (κ3) is 5.99. The third-order valence-corrected chi connectivity index (χ3v) is 6.73. The summed E-state index contributed by atoms with van der Waals surface area (Å²) in [6, 6.07) is 6.50. The SMILES string of the molecule is COC[C@H](C)NC1CCC(Nc2cc(-c3cnc(F)c(NCC4(C#N)CC4)c3)c(F)cn2)CC1. The van der Waals surface area contributed by atoms with E-state index in [-0.39, 0.29) is 11.7 Å². The number of ether oxygens (including phenoxy) is 1. The van der Waals surface area contributed by atoms with Crippen LogP contribution >= 0.6 is 0 Å². The Bertz CT molecular complexity index is 1030. The number of nitrogens with zero attached hydrogens (tertiary/aromatic N) is 3. The molecule has 0 saturated heterocycles. The molecule has 182 valence electrons. The third-order valence-electron chi connectivity index (χ3n) is 6.73. The van der Waals surface area contributed by atoms with Gasteiger partial charge in [0.15, 0.2) is 0 Å². The normalized spacial score (nSPS) is 22.0. The molecule has 0 amide bonds. The van der Waals surface area contributed by atoms with Crippen LogP contribution in [0.25, 0.3) is 11.1 Å². The molecule has 2 heterocycles. The van der Waals surface area contributed by atoms with Crippen molar-refractivity contribution in [3.8, 4) is 17.2 Å². The topological polar surface area (TPSA) is 94.9 Å². The van der Waals surface area contributed by atoms with Crippen molar-refractivity contribution in [3.63, 3.8) is 0 Å². The molecule has 3 N–H and O–H groups in total. The van der Waals surface area contributed by atoms with Crippen LogP contribution in [0.15, 0.2) is 24.5 Å². The Hall–Kier alpha value is -2.83. The minimum absolute atomic E-state index is 0.165. The Balaban J connectivity index is 1.40. The van der Waals surface area contributed by atoms with Crippen LogP contribution in [0.4, 0.5) is 20.3 Å². The summed E-state index contributed by atoms with van der Waals surface area (Å²) < 4.78 is 34.1. The van der Waals surface area contributed by atoms with Gasteiger partial charge in [-0.25, -0.2) is 14.4 Å². The van der Waals surface area contributed by atoms with Crippen molar-refractivity contribution < 1.29 is 13.5 Å². The monoisotopic (exact) mass is 470 g/mol. The molecule has 0 spiro atoms. The van der Waals surface area contributed by atoms with E-state index in [1.54, 1.807) is 13.2 Å². The predicted molar refractivity (Wildman–Crippen MR) is 127 cm³/mol. The summed E-state index contributed by atoms with van der Waals surface area (Å²) in [7, 11) is 1.71. The molecule has 2 aliphatic carbocycles. The lowest BCUT2D eigenvalue weighted by Crippen LogP contribution is -2.42. The number of anilines is 2. The van der Waals surface area contributed by atoms with Gasteiger partial charge < -0.3 is 20.7 Å². The summed E-state index contributed by atoms with van der Waals surface area (Å²) in [6.45, 7) is 3.16. The first-order valence-corrected chi connectivity index (χ1v) is 11.9. The Kier molecular flexibility index (Phi) is 7.59. The maximum atomic E-state index is 14.6. The predicted octanol–water partition coefficient (Wildman–Crippen LogP) is 4.49. The Morgan fingerprint density at radius 2 is 1.88 bits per heavy atom. The maximum Gasteiger partial charge on any atom is 0.236 e. The van der Waals surface area contributed by atoms with Crippen LogP contribution in [0.1, 0.15) is 45.4 Å². The lowest BCUT2D eigenvalue weighted by molar-refractivity contribution is 0.161. The van der Waals surface area contributed by atoms with Crippen molar-refractivity contribution in [2.45, 2.75) is 63.6 Å². The summed E-state index contributed by atoms with van der Waals surface area (Å²) in [5.41, 5.74) is 0.489. The standard InChI is InChI=1S/C25H32F2N6O/c1-16(13-34-2)32-18-3-5-19(6-4-18)33-23-10-20(21(26)12-29-23)17-9-22(24(27)30-11-17)31-15-25(14-28)7-8-25/h9-12,16,18-19,31-32H,3-8,13,15H2,1-2H3,(H,29,33)/t16-,18?,19?/m0/s1. The van der Waals surface area contributed by atoms with E-state index in [0.29, 0.717) is 42.2 Å². The molecular formula is C25H32F2N6O. The molecule has 4 rings (SSSR count). The first-order valence-electron chi connectivity index (χ1n) is 11.9. The van der Waals surface area contributed by atoms with Gasteiger partial charge in [0.05, 0.1) is 30.0 Å². The van der Waals surface area contributed by atoms with Crippen LogP contribution in [-0.2, 0) is 4.74 Å². The van der Waals surface area contributed by atoms with Crippen molar-refractivity contribution in [3.05, 3.63) is 36.3 Å². The average molecular weight is 471 g/mol. The van der Waals surface area contributed by atoms with E-state index in [0.717, 1.165) is 38.5 Å². The molecule has 7 nitrogen and oxygen atoms in total. The zero-order valence-electron chi connectivity index (χ0n) is 19.7. The number of rotatable bonds is 10. The molecule has 0 aliphatic heterocycles. The number of nitriles is 1. The molecule has 2 aromatic heterocycles. The van der Waals surface area contributed by atoms with E-state index < -0.39 is 17.2 Å². The Morgan fingerprint density at radius 1 is 1.15 bits per heavy atom. The molecule has 2 aliphatic rings. The van der Waals surface area contributed by atoms with E-state index in [4.69, 9.17) is 4.74 Å². The van der Waals surface area contributed by atoms with Crippen molar-refractivity contribution in [2.24, 2.45) is 5.41 Å². The van der Waals surface area contributed by atoms with Gasteiger partial charge in [-0.05, 0) is 57.6 Å². The van der Waals surface area contributed by atoms with Gasteiger partial charge in [-0.15, -0.1) is 0 Å². The van der Waals surface area contributed by atoms with Crippen molar-refractivity contribution in [1.82, 2.24) is 15.3 Å². The lowest BCUT2D eigenvalue weighted by atomic mass is 9.90. The number of nitrogens with one attached hydrogen (secondary N) is 3. The molecule has 2 fully saturated rings. The summed E-state index contributed by atoms with van der Waals surface area (Å²) in [6.07, 6.45) is 8.15. The molecule has 2 saturated carbocycles. The van der Waals surface area contributed by atoms with Crippen LogP contribution in [0.3, 0.4) is 0 Å². The van der Waals surface area contributed by atoms with Gasteiger partial charge in [0.1, 0.15) is 11.6 Å². The van der Waals surface area contributed by atoms with Crippen LogP contribution < -0.4 is 16.0 Å². The summed E-state index contributed by atoms with van der Waals surface area (Å²) in [5.74, 6) is -0.586. The minimum Gasteiger partial charge on any atom is -0.383 e. The maximum absolute atomic E-state index is 14.6. The first kappa shape index (κ1) is 24.3. The highest BCUT2D eigenvalue weighted by molar-refractivity contribution is 5.69. The summed E-state index contributed by atoms with van der Waals surface area (Å²) >= 11 is 0. The largest absolute Gasteiger partial charge is 0.383 e. The number of hydrogen-bond acceptors (Lipinski definition) is 7. The highest BCUT2D eigenvalue weighted by Crippen LogP contribution is 2.45. The molecule has 0 unspecified atom stereocenters. The molecule has 1 atom stereocenters. The molecule has 34 heavy (non-hydrogen) atoms. The van der Waals surface area contributed by atoms with Gasteiger partial charge >= 0.3 is 0 Å². The molecule has 9 heteroatoms. The zero-order valence-corrected chi connectivity index (χ0v) is 19.7. The van der Waals surface area contributed by atoms with E-state index in [9.17, 15) is 14.0 Å². The molecular weight excluding hydrogens is 438 g/mol. The highest BCUT2D eigenvalue weighted by Gasteiger charge is 2.43. The van der Waals surface area contributed by atoms with E-state index in [1.165, 1.54) is 18.5 Å². The number of aromatic nitrogens is 2. The lowest BCUT2D eigenvalue weighted by Gasteiger charge is -2.31. The fourth-order valence-electron chi connectivity index (χ4n) is 4.52. The Morgan fingerprint density at radius 3 is 2.56 bits per heavy atom. The molecule has 0 aromatic carbocycles. The van der Waals surface area contributed by atoms with E-state index >= 15 is 0 Å². The zero-order chi connectivity index (χ0) is 24.1.